The summed E-state index contributed by atoms with van der Waals surface area (Å²) in [6, 6.07) is 9.12. The van der Waals surface area contributed by atoms with Gasteiger partial charge in [-0.25, -0.2) is 14.8 Å². The summed E-state index contributed by atoms with van der Waals surface area (Å²) in [5.41, 5.74) is 0.555. The number of carbonyl (C=O) groups excluding carboxylic acids is 1. The van der Waals surface area contributed by atoms with Crippen LogP contribution in [0.15, 0.2) is 41.0 Å². The second-order valence-corrected chi connectivity index (χ2v) is 5.88. The van der Waals surface area contributed by atoms with Gasteiger partial charge in [0.25, 0.3) is 0 Å². The minimum absolute atomic E-state index is 0.0890. The third-order valence-electron chi connectivity index (χ3n) is 3.75. The Labute approximate surface area is 153 Å². The number of ether oxygens (including phenoxy) is 3. The van der Waals surface area contributed by atoms with Crippen LogP contribution in [0.5, 0.6) is 5.75 Å². The van der Waals surface area contributed by atoms with E-state index in [0.29, 0.717) is 23.6 Å². The van der Waals surface area contributed by atoms with E-state index in [0.717, 1.165) is 11.1 Å². The number of furan rings is 1. The maximum atomic E-state index is 11.0. The number of carbonyl (C=O) groups is 1. The van der Waals surface area contributed by atoms with Crippen LogP contribution in [-0.4, -0.2) is 35.4 Å². The Morgan fingerprint density at radius 3 is 2.96 bits per heavy atom. The average molecular weight is 376 g/mol. The van der Waals surface area contributed by atoms with Gasteiger partial charge in [-0.2, -0.15) is 0 Å². The number of nitrogens with one attached hydrogen (secondary N) is 1. The Morgan fingerprint density at radius 2 is 2.19 bits per heavy atom. The minimum Gasteiger partial charge on any atom is -0.487 e. The Kier molecular flexibility index (Phi) is 4.49. The van der Waals surface area contributed by atoms with Gasteiger partial charge in [0, 0.05) is 5.39 Å². The van der Waals surface area contributed by atoms with Crippen molar-refractivity contribution in [2.24, 2.45) is 0 Å². The van der Waals surface area contributed by atoms with Crippen LogP contribution in [0.1, 0.15) is 5.76 Å². The number of nitrogens with zero attached hydrogens (tertiary/aromatic N) is 2. The molecule has 3 heterocycles. The van der Waals surface area contributed by atoms with Crippen molar-refractivity contribution in [3.8, 4) is 5.75 Å². The van der Waals surface area contributed by atoms with Gasteiger partial charge in [0.15, 0.2) is 6.10 Å². The molecule has 9 heteroatoms. The molecule has 1 aromatic carbocycles. The van der Waals surface area contributed by atoms with Crippen LogP contribution in [-0.2, 0) is 16.0 Å². The van der Waals surface area contributed by atoms with E-state index in [1.807, 2.05) is 24.3 Å². The molecule has 0 bridgehead atoms. The predicted octanol–water partition coefficient (Wildman–Crippen LogP) is 3.40. The van der Waals surface area contributed by atoms with Crippen molar-refractivity contribution in [1.29, 1.82) is 0 Å². The Balaban J connectivity index is 1.57. The second kappa shape index (κ2) is 7.09. The molecule has 1 atom stereocenters. The summed E-state index contributed by atoms with van der Waals surface area (Å²) in [5, 5.41) is 4.02. The number of aromatic nitrogens is 2. The number of cyclic esters (lactones) is 2. The van der Waals surface area contributed by atoms with Crippen molar-refractivity contribution in [2.45, 2.75) is 12.6 Å². The monoisotopic (exact) mass is 375 g/mol. The maximum Gasteiger partial charge on any atom is 0.508 e. The van der Waals surface area contributed by atoms with Crippen LogP contribution in [0.25, 0.3) is 10.9 Å². The maximum absolute atomic E-state index is 11.0. The molecule has 3 aromatic rings. The standard InChI is InChI=1S/C17H14ClN3O5/c18-16-20-14-12(15(21-16)19-7-10-3-2-6-23-10)4-1-5-13(14)24-8-11-9-25-17(22)26-11/h1-6,11H,7-9H2,(H,19,20,21). The lowest BCUT2D eigenvalue weighted by Crippen LogP contribution is -2.20. The lowest BCUT2D eigenvalue weighted by atomic mass is 10.2. The van der Waals surface area contributed by atoms with Gasteiger partial charge in [-0.3, -0.25) is 0 Å². The third-order valence-corrected chi connectivity index (χ3v) is 3.92. The average Bonchev–Trinajstić information content (AvgIpc) is 3.29. The van der Waals surface area contributed by atoms with Crippen LogP contribution in [0.3, 0.4) is 0 Å². The van der Waals surface area contributed by atoms with E-state index in [2.05, 4.69) is 15.3 Å². The first-order valence-electron chi connectivity index (χ1n) is 7.88. The summed E-state index contributed by atoms with van der Waals surface area (Å²) in [6.45, 7) is 0.771. The Bertz CT molecular complexity index is 932. The van der Waals surface area contributed by atoms with E-state index in [1.54, 1.807) is 12.3 Å². The fraction of sp³-hybridized carbons (Fsp3) is 0.235. The zero-order chi connectivity index (χ0) is 17.9. The van der Waals surface area contributed by atoms with Crippen LogP contribution < -0.4 is 10.1 Å². The van der Waals surface area contributed by atoms with E-state index in [4.69, 9.17) is 30.2 Å². The van der Waals surface area contributed by atoms with E-state index in [-0.39, 0.29) is 18.5 Å². The largest absolute Gasteiger partial charge is 0.508 e. The van der Waals surface area contributed by atoms with Crippen LogP contribution in [0, 0.1) is 0 Å². The highest BCUT2D eigenvalue weighted by Crippen LogP contribution is 2.30. The minimum atomic E-state index is -0.689. The van der Waals surface area contributed by atoms with Gasteiger partial charge < -0.3 is 23.9 Å². The van der Waals surface area contributed by atoms with Crippen molar-refractivity contribution in [3.05, 3.63) is 47.6 Å². The smallest absolute Gasteiger partial charge is 0.487 e. The molecule has 0 saturated carbocycles. The van der Waals surface area contributed by atoms with Crippen molar-refractivity contribution in [2.75, 3.05) is 18.5 Å². The first-order chi connectivity index (χ1) is 12.7. The summed E-state index contributed by atoms with van der Waals surface area (Å²) < 4.78 is 20.8. The van der Waals surface area contributed by atoms with Crippen molar-refractivity contribution in [1.82, 2.24) is 9.97 Å². The zero-order valence-electron chi connectivity index (χ0n) is 13.5. The van der Waals surface area contributed by atoms with Crippen molar-refractivity contribution in [3.63, 3.8) is 0 Å². The Hall–Kier alpha value is -3.00. The van der Waals surface area contributed by atoms with Crippen LogP contribution in [0.4, 0.5) is 10.6 Å². The summed E-state index contributed by atoms with van der Waals surface area (Å²) in [7, 11) is 0. The molecule has 0 aliphatic carbocycles. The molecule has 4 rings (SSSR count). The topological polar surface area (TPSA) is 95.7 Å². The molecule has 1 N–H and O–H groups in total. The summed E-state index contributed by atoms with van der Waals surface area (Å²) in [5.74, 6) is 1.84. The molecule has 1 fully saturated rings. The number of rotatable bonds is 6. The second-order valence-electron chi connectivity index (χ2n) is 5.54. The molecule has 1 aliphatic heterocycles. The molecular formula is C17H14ClN3O5. The van der Waals surface area contributed by atoms with Gasteiger partial charge in [0.1, 0.15) is 36.1 Å². The third kappa shape index (κ3) is 3.50. The number of hydrogen-bond acceptors (Lipinski definition) is 8. The van der Waals surface area contributed by atoms with Gasteiger partial charge in [-0.1, -0.05) is 6.07 Å². The fourth-order valence-corrected chi connectivity index (χ4v) is 2.73. The van der Waals surface area contributed by atoms with E-state index in [1.165, 1.54) is 0 Å². The molecule has 0 amide bonds. The highest BCUT2D eigenvalue weighted by atomic mass is 35.5. The normalized spacial score (nSPS) is 16.3. The van der Waals surface area contributed by atoms with Crippen LogP contribution >= 0.6 is 11.6 Å². The molecule has 1 unspecified atom stereocenters. The zero-order valence-corrected chi connectivity index (χ0v) is 14.2. The first kappa shape index (κ1) is 16.5. The summed E-state index contributed by atoms with van der Waals surface area (Å²) >= 11 is 6.07. The molecule has 0 spiro atoms. The number of para-hydroxylation sites is 1. The number of halogens is 1. The highest BCUT2D eigenvalue weighted by molar-refractivity contribution is 6.29. The summed E-state index contributed by atoms with van der Waals surface area (Å²) in [6.07, 6.45) is 0.464. The van der Waals surface area contributed by atoms with E-state index < -0.39 is 12.3 Å². The van der Waals surface area contributed by atoms with Crippen LogP contribution in [0.2, 0.25) is 5.28 Å². The number of fused-ring (bicyclic) bond motifs is 1. The van der Waals surface area contributed by atoms with E-state index >= 15 is 0 Å². The molecule has 8 nitrogen and oxygen atoms in total. The molecular weight excluding hydrogens is 362 g/mol. The summed E-state index contributed by atoms with van der Waals surface area (Å²) in [4.78, 5) is 19.5. The Morgan fingerprint density at radius 1 is 1.27 bits per heavy atom. The lowest BCUT2D eigenvalue weighted by Gasteiger charge is -2.13. The van der Waals surface area contributed by atoms with Gasteiger partial charge in [0.05, 0.1) is 12.8 Å². The van der Waals surface area contributed by atoms with Gasteiger partial charge in [-0.15, -0.1) is 0 Å². The van der Waals surface area contributed by atoms with Crippen molar-refractivity contribution < 1.29 is 23.4 Å². The van der Waals surface area contributed by atoms with Gasteiger partial charge >= 0.3 is 6.16 Å². The fourth-order valence-electron chi connectivity index (χ4n) is 2.56. The molecule has 134 valence electrons. The predicted molar refractivity (Wildman–Crippen MR) is 92.3 cm³/mol. The molecule has 0 radical (unpaired) electrons. The van der Waals surface area contributed by atoms with Gasteiger partial charge in [0.2, 0.25) is 5.28 Å². The molecule has 2 aromatic heterocycles. The number of anilines is 1. The lowest BCUT2D eigenvalue weighted by molar-refractivity contribution is 0.0987. The van der Waals surface area contributed by atoms with Gasteiger partial charge in [-0.05, 0) is 35.9 Å². The van der Waals surface area contributed by atoms with E-state index in [9.17, 15) is 4.79 Å². The highest BCUT2D eigenvalue weighted by Gasteiger charge is 2.26. The number of benzene rings is 1. The van der Waals surface area contributed by atoms with Crippen molar-refractivity contribution >= 4 is 34.5 Å². The number of hydrogen-bond donors (Lipinski definition) is 1. The SMILES string of the molecule is O=C1OCC(COc2cccc3c(NCc4ccco4)nc(Cl)nc23)O1. The first-order valence-corrected chi connectivity index (χ1v) is 8.25. The molecule has 1 aliphatic rings. The quantitative estimate of drug-likeness (QED) is 0.517. The molecule has 1 saturated heterocycles. The molecule has 26 heavy (non-hydrogen) atoms.